The summed E-state index contributed by atoms with van der Waals surface area (Å²) in [7, 11) is 0.325. The Morgan fingerprint density at radius 3 is 2.52 bits per heavy atom. The molecule has 40 heavy (non-hydrogen) atoms. The average Bonchev–Trinajstić information content (AvgIpc) is 3.34. The fraction of sp³-hybridized carbons (Fsp3) is 0.419. The number of amides is 1. The van der Waals surface area contributed by atoms with Crippen LogP contribution in [-0.4, -0.2) is 74.2 Å². The van der Waals surface area contributed by atoms with Crippen molar-refractivity contribution < 1.29 is 23.6 Å². The lowest BCUT2D eigenvalue weighted by Gasteiger charge is -2.30. The van der Waals surface area contributed by atoms with E-state index in [-0.39, 0.29) is 18.6 Å². The van der Waals surface area contributed by atoms with Crippen molar-refractivity contribution in [2.45, 2.75) is 44.5 Å². The molecule has 1 N–H and O–H groups in total. The van der Waals surface area contributed by atoms with Gasteiger partial charge in [-0.15, -0.1) is 0 Å². The SMILES string of the molecule is COc1ccccc1-c1cccc(-c2nc(C(=O)N3CCOCC3)cc3c2[C@@H](CCO)N([S@](=O)C(C)(C)C)C3)c1. The van der Waals surface area contributed by atoms with Gasteiger partial charge in [-0.2, -0.15) is 0 Å². The van der Waals surface area contributed by atoms with Gasteiger partial charge in [0.25, 0.3) is 5.91 Å². The van der Waals surface area contributed by atoms with Crippen molar-refractivity contribution in [3.8, 4) is 28.1 Å². The second-order valence-corrected chi connectivity index (χ2v) is 13.3. The number of morpholine rings is 1. The largest absolute Gasteiger partial charge is 0.496 e. The molecule has 0 unspecified atom stereocenters. The first kappa shape index (κ1) is 28.4. The first-order chi connectivity index (χ1) is 19.2. The van der Waals surface area contributed by atoms with Gasteiger partial charge >= 0.3 is 0 Å². The molecule has 212 valence electrons. The minimum absolute atomic E-state index is 0.0584. The molecule has 2 aromatic carbocycles. The van der Waals surface area contributed by atoms with Gasteiger partial charge in [-0.3, -0.25) is 4.79 Å². The molecule has 0 aliphatic carbocycles. The molecule has 1 amide bonds. The van der Waals surface area contributed by atoms with Crippen LogP contribution in [0.3, 0.4) is 0 Å². The van der Waals surface area contributed by atoms with Crippen LogP contribution in [0.25, 0.3) is 22.4 Å². The summed E-state index contributed by atoms with van der Waals surface area (Å²) in [6.45, 7) is 8.24. The van der Waals surface area contributed by atoms with E-state index in [2.05, 4.69) is 6.07 Å². The van der Waals surface area contributed by atoms with Crippen molar-refractivity contribution in [1.29, 1.82) is 0 Å². The minimum Gasteiger partial charge on any atom is -0.496 e. The Morgan fingerprint density at radius 1 is 1.10 bits per heavy atom. The van der Waals surface area contributed by atoms with E-state index >= 15 is 0 Å². The highest BCUT2D eigenvalue weighted by Gasteiger charge is 2.40. The van der Waals surface area contributed by atoms with E-state index < -0.39 is 15.7 Å². The molecule has 2 atom stereocenters. The summed E-state index contributed by atoms with van der Waals surface area (Å²) in [5.74, 6) is 0.626. The van der Waals surface area contributed by atoms with Gasteiger partial charge in [0, 0.05) is 42.9 Å². The Bertz CT molecular complexity index is 1410. The second-order valence-electron chi connectivity index (χ2n) is 11.1. The van der Waals surface area contributed by atoms with Crippen molar-refractivity contribution in [2.75, 3.05) is 40.0 Å². The lowest BCUT2D eigenvalue weighted by molar-refractivity contribution is 0.0299. The van der Waals surface area contributed by atoms with Crippen LogP contribution in [-0.2, 0) is 22.3 Å². The van der Waals surface area contributed by atoms with Crippen LogP contribution in [0.2, 0.25) is 0 Å². The number of fused-ring (bicyclic) bond motifs is 1. The number of carbonyl (C=O) groups excluding carboxylic acids is 1. The summed E-state index contributed by atoms with van der Waals surface area (Å²) in [6.07, 6.45) is 0.409. The van der Waals surface area contributed by atoms with Gasteiger partial charge in [-0.1, -0.05) is 36.4 Å². The predicted octanol–water partition coefficient (Wildman–Crippen LogP) is 4.60. The third-order valence-electron chi connectivity index (χ3n) is 7.36. The quantitative estimate of drug-likeness (QED) is 0.452. The zero-order valence-electron chi connectivity index (χ0n) is 23.6. The first-order valence-corrected chi connectivity index (χ1v) is 14.8. The van der Waals surface area contributed by atoms with Gasteiger partial charge in [-0.05, 0) is 56.5 Å². The number of methoxy groups -OCH3 is 1. The van der Waals surface area contributed by atoms with Crippen molar-refractivity contribution in [1.82, 2.24) is 14.2 Å². The third kappa shape index (κ3) is 5.56. The van der Waals surface area contributed by atoms with Crippen molar-refractivity contribution >= 4 is 16.9 Å². The van der Waals surface area contributed by atoms with Crippen LogP contribution in [0.1, 0.15) is 54.8 Å². The van der Waals surface area contributed by atoms with Crippen LogP contribution < -0.4 is 4.74 Å². The summed E-state index contributed by atoms with van der Waals surface area (Å²) in [4.78, 5) is 20.4. The van der Waals surface area contributed by atoms with Gasteiger partial charge in [0.15, 0.2) is 0 Å². The highest BCUT2D eigenvalue weighted by atomic mass is 32.2. The minimum atomic E-state index is -1.33. The molecule has 0 bridgehead atoms. The molecule has 0 spiro atoms. The number of hydrogen-bond donors (Lipinski definition) is 1. The molecule has 9 heteroatoms. The maximum absolute atomic E-state index is 13.7. The van der Waals surface area contributed by atoms with Gasteiger partial charge < -0.3 is 19.5 Å². The Hall–Kier alpha value is -3.11. The Morgan fingerprint density at radius 2 is 1.82 bits per heavy atom. The summed E-state index contributed by atoms with van der Waals surface area (Å²) >= 11 is 0. The van der Waals surface area contributed by atoms with Crippen molar-refractivity contribution in [2.24, 2.45) is 0 Å². The number of aliphatic hydroxyl groups is 1. The van der Waals surface area contributed by atoms with Gasteiger partial charge in [0.1, 0.15) is 22.4 Å². The number of ether oxygens (including phenoxy) is 2. The van der Waals surface area contributed by atoms with E-state index in [0.717, 1.165) is 33.6 Å². The van der Waals surface area contributed by atoms with Gasteiger partial charge in [0.05, 0.1) is 36.8 Å². The fourth-order valence-corrected chi connectivity index (χ4v) is 6.85. The normalized spacial score (nSPS) is 18.4. The zero-order chi connectivity index (χ0) is 28.4. The summed E-state index contributed by atoms with van der Waals surface area (Å²) in [6, 6.07) is 17.4. The molecule has 2 aliphatic rings. The summed E-state index contributed by atoms with van der Waals surface area (Å²) < 4.78 is 26.2. The monoisotopic (exact) mass is 563 g/mol. The van der Waals surface area contributed by atoms with Crippen molar-refractivity contribution in [3.05, 3.63) is 71.4 Å². The molecule has 3 aromatic rings. The molecule has 8 nitrogen and oxygen atoms in total. The number of carbonyl (C=O) groups is 1. The Balaban J connectivity index is 1.67. The third-order valence-corrected chi connectivity index (χ3v) is 9.22. The molecular formula is C31H37N3O5S. The van der Waals surface area contributed by atoms with Crippen LogP contribution >= 0.6 is 0 Å². The fourth-order valence-electron chi connectivity index (χ4n) is 5.44. The van der Waals surface area contributed by atoms with Crippen LogP contribution in [0.4, 0.5) is 0 Å². The molecule has 0 saturated carbocycles. The number of aromatic nitrogens is 1. The van der Waals surface area contributed by atoms with E-state index in [1.54, 1.807) is 12.0 Å². The predicted molar refractivity (Wildman–Crippen MR) is 156 cm³/mol. The lowest BCUT2D eigenvalue weighted by atomic mass is 9.94. The number of rotatable bonds is 7. The van der Waals surface area contributed by atoms with Crippen LogP contribution in [0.15, 0.2) is 54.6 Å². The summed E-state index contributed by atoms with van der Waals surface area (Å²) in [5, 5.41) is 10.0. The number of aliphatic hydroxyl groups excluding tert-OH is 1. The number of hydrogen-bond acceptors (Lipinski definition) is 6. The molecule has 1 fully saturated rings. The molecule has 2 aliphatic heterocycles. The molecule has 5 rings (SSSR count). The average molecular weight is 564 g/mol. The second kappa shape index (κ2) is 11.8. The number of nitrogens with zero attached hydrogens (tertiary/aromatic N) is 3. The molecular weight excluding hydrogens is 526 g/mol. The van der Waals surface area contributed by atoms with Crippen LogP contribution in [0.5, 0.6) is 5.75 Å². The van der Waals surface area contributed by atoms with Crippen LogP contribution in [0, 0.1) is 0 Å². The standard InChI is InChI=1S/C31H37N3O5S/c1-31(2,3)40(37)34-20-23-19-25(30(36)33-13-16-39-17-14-33)32-29(28(23)26(34)12-15-35)22-9-7-8-21(18-22)24-10-5-6-11-27(24)38-4/h5-11,18-19,26,35H,12-17,20H2,1-4H3/t26-,40-/m1/s1. The highest BCUT2D eigenvalue weighted by Crippen LogP contribution is 2.44. The zero-order valence-corrected chi connectivity index (χ0v) is 24.4. The maximum Gasteiger partial charge on any atom is 0.272 e. The van der Waals surface area contributed by atoms with E-state index in [1.165, 1.54) is 0 Å². The van der Waals surface area contributed by atoms with Crippen molar-refractivity contribution in [3.63, 3.8) is 0 Å². The smallest absolute Gasteiger partial charge is 0.272 e. The van der Waals surface area contributed by atoms with E-state index in [4.69, 9.17) is 14.5 Å². The molecule has 1 aromatic heterocycles. The molecule has 0 radical (unpaired) electrons. The Kier molecular flexibility index (Phi) is 8.37. The van der Waals surface area contributed by atoms with Gasteiger partial charge in [-0.25, -0.2) is 13.5 Å². The molecule has 1 saturated heterocycles. The maximum atomic E-state index is 13.7. The first-order valence-electron chi connectivity index (χ1n) is 13.7. The number of pyridine rings is 1. The number of para-hydroxylation sites is 1. The van der Waals surface area contributed by atoms with E-state index in [9.17, 15) is 14.1 Å². The highest BCUT2D eigenvalue weighted by molar-refractivity contribution is 7.84. The van der Waals surface area contributed by atoms with E-state index in [1.807, 2.05) is 73.6 Å². The van der Waals surface area contributed by atoms with E-state index in [0.29, 0.717) is 50.7 Å². The van der Waals surface area contributed by atoms with Gasteiger partial charge in [0.2, 0.25) is 0 Å². The topological polar surface area (TPSA) is 92.2 Å². The number of benzene rings is 2. The lowest BCUT2D eigenvalue weighted by Crippen LogP contribution is -2.41. The Labute approximate surface area is 238 Å². The summed E-state index contributed by atoms with van der Waals surface area (Å²) in [5.41, 5.74) is 5.64. The molecule has 3 heterocycles.